The van der Waals surface area contributed by atoms with Gasteiger partial charge in [-0.25, -0.2) is 0 Å². The Morgan fingerprint density at radius 3 is 2.62 bits per heavy atom. The van der Waals surface area contributed by atoms with Crippen molar-refractivity contribution in [2.75, 3.05) is 26.3 Å². The summed E-state index contributed by atoms with van der Waals surface area (Å²) in [6.45, 7) is 8.44. The van der Waals surface area contributed by atoms with Crippen molar-refractivity contribution in [2.45, 2.75) is 26.8 Å². The third-order valence-corrected chi connectivity index (χ3v) is 1.93. The molecule has 1 fully saturated rings. The monoisotopic (exact) mass is 189 g/mol. The van der Waals surface area contributed by atoms with Crippen molar-refractivity contribution in [2.24, 2.45) is 0 Å². The quantitative estimate of drug-likeness (QED) is 0.698. The molecule has 4 nitrogen and oxygen atoms in total. The molecule has 1 unspecified atom stereocenters. The molecular formula is C9H19NO3. The van der Waals surface area contributed by atoms with Gasteiger partial charge in [0.15, 0.2) is 0 Å². The lowest BCUT2D eigenvalue weighted by Gasteiger charge is -2.31. The average Bonchev–Trinajstić information content (AvgIpc) is 2.20. The average molecular weight is 189 g/mol. The fourth-order valence-corrected chi connectivity index (χ4v) is 1.24. The number of carbonyl (C=O) groups is 1. The highest BCUT2D eigenvalue weighted by Gasteiger charge is 2.27. The van der Waals surface area contributed by atoms with Crippen LogP contribution >= 0.6 is 0 Å². The normalized spacial score (nSPS) is 23.2. The molecule has 0 amide bonds. The maximum atomic E-state index is 10.6. The van der Waals surface area contributed by atoms with Crippen molar-refractivity contribution in [1.29, 1.82) is 0 Å². The van der Waals surface area contributed by atoms with Gasteiger partial charge in [-0.1, -0.05) is 20.8 Å². The second-order valence-electron chi connectivity index (χ2n) is 2.56. The van der Waals surface area contributed by atoms with E-state index in [1.807, 2.05) is 25.7 Å². The summed E-state index contributed by atoms with van der Waals surface area (Å²) >= 11 is 0. The van der Waals surface area contributed by atoms with Crippen molar-refractivity contribution < 1.29 is 14.6 Å². The number of likely N-dealkylation sites (N-methyl/N-ethyl adjacent to an activating group) is 1. The number of carboxylic acids is 1. The summed E-state index contributed by atoms with van der Waals surface area (Å²) in [6.07, 6.45) is 0. The first-order chi connectivity index (χ1) is 6.25. The van der Waals surface area contributed by atoms with E-state index in [-0.39, 0.29) is 0 Å². The summed E-state index contributed by atoms with van der Waals surface area (Å²) in [5.74, 6) is -0.786. The fourth-order valence-electron chi connectivity index (χ4n) is 1.24. The Morgan fingerprint density at radius 2 is 2.23 bits per heavy atom. The van der Waals surface area contributed by atoms with Gasteiger partial charge in [0, 0.05) is 6.54 Å². The minimum atomic E-state index is -0.786. The Bertz CT molecular complexity index is 150. The van der Waals surface area contributed by atoms with Crippen molar-refractivity contribution >= 4 is 5.97 Å². The highest BCUT2D eigenvalue weighted by molar-refractivity contribution is 5.73. The van der Waals surface area contributed by atoms with Gasteiger partial charge in [-0.15, -0.1) is 0 Å². The molecule has 78 valence electrons. The first kappa shape index (κ1) is 12.4. The second-order valence-corrected chi connectivity index (χ2v) is 2.56. The van der Waals surface area contributed by atoms with E-state index < -0.39 is 12.0 Å². The molecule has 1 rings (SSSR count). The van der Waals surface area contributed by atoms with Crippen LogP contribution in [-0.2, 0) is 9.53 Å². The molecule has 0 saturated carbocycles. The van der Waals surface area contributed by atoms with Crippen molar-refractivity contribution in [3.05, 3.63) is 0 Å². The van der Waals surface area contributed by atoms with E-state index in [0.717, 1.165) is 13.1 Å². The predicted molar refractivity (Wildman–Crippen MR) is 50.8 cm³/mol. The zero-order valence-corrected chi connectivity index (χ0v) is 8.62. The lowest BCUT2D eigenvalue weighted by atomic mass is 10.2. The summed E-state index contributed by atoms with van der Waals surface area (Å²) in [7, 11) is 0. The Morgan fingerprint density at radius 1 is 1.62 bits per heavy atom. The molecule has 0 aromatic rings. The Kier molecular flexibility index (Phi) is 6.54. The zero-order valence-electron chi connectivity index (χ0n) is 8.62. The summed E-state index contributed by atoms with van der Waals surface area (Å²) < 4.78 is 5.05. The standard InChI is InChI=1S/C7H13NO3.C2H6/c1-2-8-3-4-11-5-6(8)7(9)10;1-2/h6H,2-5H2,1H3,(H,9,10);1-2H3. The van der Waals surface area contributed by atoms with Crippen molar-refractivity contribution in [3.8, 4) is 0 Å². The third-order valence-electron chi connectivity index (χ3n) is 1.93. The number of nitrogens with zero attached hydrogens (tertiary/aromatic N) is 1. The highest BCUT2D eigenvalue weighted by atomic mass is 16.5. The van der Waals surface area contributed by atoms with Gasteiger partial charge in [-0.05, 0) is 6.54 Å². The van der Waals surface area contributed by atoms with Crippen LogP contribution in [0.1, 0.15) is 20.8 Å². The molecular weight excluding hydrogens is 170 g/mol. The van der Waals surface area contributed by atoms with E-state index in [4.69, 9.17) is 9.84 Å². The molecule has 0 bridgehead atoms. The van der Waals surface area contributed by atoms with Gasteiger partial charge >= 0.3 is 5.97 Å². The molecule has 1 atom stereocenters. The third kappa shape index (κ3) is 3.74. The highest BCUT2D eigenvalue weighted by Crippen LogP contribution is 2.05. The summed E-state index contributed by atoms with van der Waals surface area (Å²) in [6, 6.07) is -0.436. The van der Waals surface area contributed by atoms with E-state index in [1.54, 1.807) is 0 Å². The number of hydrogen-bond donors (Lipinski definition) is 1. The lowest BCUT2D eigenvalue weighted by molar-refractivity contribution is -0.149. The Labute approximate surface area is 79.5 Å². The Hall–Kier alpha value is -0.610. The van der Waals surface area contributed by atoms with Crippen LogP contribution in [0.3, 0.4) is 0 Å². The molecule has 13 heavy (non-hydrogen) atoms. The van der Waals surface area contributed by atoms with Crippen LogP contribution < -0.4 is 0 Å². The minimum Gasteiger partial charge on any atom is -0.480 e. The SMILES string of the molecule is CC.CCN1CCOCC1C(=O)O. The molecule has 0 radical (unpaired) electrons. The number of aliphatic carboxylic acids is 1. The van der Waals surface area contributed by atoms with Crippen LogP contribution in [0.2, 0.25) is 0 Å². The Balaban J connectivity index is 0.000000671. The molecule has 1 aliphatic rings. The molecule has 0 spiro atoms. The lowest BCUT2D eigenvalue weighted by Crippen LogP contribution is -2.49. The van der Waals surface area contributed by atoms with Crippen LogP contribution in [0, 0.1) is 0 Å². The number of ether oxygens (including phenoxy) is 1. The number of rotatable bonds is 2. The minimum absolute atomic E-state index is 0.323. The maximum absolute atomic E-state index is 10.6. The van der Waals surface area contributed by atoms with Gasteiger partial charge in [0.25, 0.3) is 0 Å². The van der Waals surface area contributed by atoms with Gasteiger partial charge in [-0.2, -0.15) is 0 Å². The van der Waals surface area contributed by atoms with Crippen LogP contribution in [0.5, 0.6) is 0 Å². The van der Waals surface area contributed by atoms with Crippen LogP contribution in [-0.4, -0.2) is 48.3 Å². The summed E-state index contributed by atoms with van der Waals surface area (Å²) in [5.41, 5.74) is 0. The maximum Gasteiger partial charge on any atom is 0.323 e. The van der Waals surface area contributed by atoms with Gasteiger partial charge in [0.05, 0.1) is 13.2 Å². The molecule has 0 aliphatic carbocycles. The molecule has 1 N–H and O–H groups in total. The van der Waals surface area contributed by atoms with Crippen LogP contribution in [0.4, 0.5) is 0 Å². The summed E-state index contributed by atoms with van der Waals surface area (Å²) in [5, 5.41) is 8.72. The van der Waals surface area contributed by atoms with Gasteiger partial charge in [-0.3, -0.25) is 9.69 Å². The number of morpholine rings is 1. The fraction of sp³-hybridized carbons (Fsp3) is 0.889. The molecule has 4 heteroatoms. The van der Waals surface area contributed by atoms with E-state index >= 15 is 0 Å². The first-order valence-corrected chi connectivity index (χ1v) is 4.80. The van der Waals surface area contributed by atoms with E-state index in [1.165, 1.54) is 0 Å². The van der Waals surface area contributed by atoms with Gasteiger partial charge < -0.3 is 9.84 Å². The first-order valence-electron chi connectivity index (χ1n) is 4.80. The largest absolute Gasteiger partial charge is 0.480 e. The summed E-state index contributed by atoms with van der Waals surface area (Å²) in [4.78, 5) is 12.5. The number of carboxylic acid groups (broad SMARTS) is 1. The van der Waals surface area contributed by atoms with Crippen molar-refractivity contribution in [3.63, 3.8) is 0 Å². The molecule has 1 aliphatic heterocycles. The second kappa shape index (κ2) is 6.86. The van der Waals surface area contributed by atoms with Gasteiger partial charge in [0.2, 0.25) is 0 Å². The van der Waals surface area contributed by atoms with Crippen molar-refractivity contribution in [1.82, 2.24) is 4.90 Å². The van der Waals surface area contributed by atoms with E-state index in [0.29, 0.717) is 13.2 Å². The topological polar surface area (TPSA) is 49.8 Å². The van der Waals surface area contributed by atoms with Gasteiger partial charge in [0.1, 0.15) is 6.04 Å². The number of hydrogen-bond acceptors (Lipinski definition) is 3. The smallest absolute Gasteiger partial charge is 0.323 e. The molecule has 1 saturated heterocycles. The van der Waals surface area contributed by atoms with Crippen LogP contribution in [0.25, 0.3) is 0 Å². The zero-order chi connectivity index (χ0) is 10.3. The predicted octanol–water partition coefficient (Wildman–Crippen LogP) is 0.818. The molecule has 0 aromatic heterocycles. The van der Waals surface area contributed by atoms with E-state index in [9.17, 15) is 4.79 Å². The molecule has 0 aromatic carbocycles. The molecule has 1 heterocycles. The van der Waals surface area contributed by atoms with Crippen LogP contribution in [0.15, 0.2) is 0 Å². The van der Waals surface area contributed by atoms with E-state index in [2.05, 4.69) is 0 Å².